The van der Waals surface area contributed by atoms with E-state index in [1.165, 1.54) is 5.56 Å². The van der Waals surface area contributed by atoms with E-state index in [1.54, 1.807) is 0 Å². The number of aryl methyl sites for hydroxylation is 1. The summed E-state index contributed by atoms with van der Waals surface area (Å²) in [6.07, 6.45) is 1.61. The minimum Gasteiger partial charge on any atom is -0.493 e. The first-order valence-electron chi connectivity index (χ1n) is 5.99. The van der Waals surface area contributed by atoms with Crippen molar-refractivity contribution in [3.63, 3.8) is 0 Å². The van der Waals surface area contributed by atoms with Gasteiger partial charge in [-0.2, -0.15) is 0 Å². The number of sulfone groups is 1. The van der Waals surface area contributed by atoms with Gasteiger partial charge < -0.3 is 4.74 Å². The summed E-state index contributed by atoms with van der Waals surface area (Å²) in [4.78, 5) is 0. The van der Waals surface area contributed by atoms with Gasteiger partial charge in [0.05, 0.1) is 11.5 Å². The highest BCUT2D eigenvalue weighted by molar-refractivity contribution is 7.91. The number of benzene rings is 1. The molecule has 0 radical (unpaired) electrons. The number of rotatable bonds is 7. The van der Waals surface area contributed by atoms with Crippen LogP contribution in [-0.2, 0) is 16.3 Å². The van der Waals surface area contributed by atoms with E-state index in [2.05, 4.69) is 6.92 Å². The maximum Gasteiger partial charge on any atom is 0.153 e. The molecule has 17 heavy (non-hydrogen) atoms. The Bertz CT molecular complexity index is 438. The van der Waals surface area contributed by atoms with E-state index in [-0.39, 0.29) is 18.1 Å². The van der Waals surface area contributed by atoms with Crippen LogP contribution in [0.1, 0.15) is 25.8 Å². The third kappa shape index (κ3) is 5.22. The Hall–Kier alpha value is -1.03. The zero-order chi connectivity index (χ0) is 12.7. The molecule has 0 heterocycles. The molecule has 0 saturated carbocycles. The van der Waals surface area contributed by atoms with Crippen LogP contribution >= 0.6 is 0 Å². The van der Waals surface area contributed by atoms with Crippen molar-refractivity contribution < 1.29 is 13.2 Å². The standard InChI is InChI=1S/C13H20O3S/c1-3-9-17(14,15)10-8-16-13-7-5-6-12(4-2)11-13/h5-7,11H,3-4,8-10H2,1-2H3. The monoisotopic (exact) mass is 256 g/mol. The Kier molecular flexibility index (Phi) is 5.48. The van der Waals surface area contributed by atoms with Crippen molar-refractivity contribution in [1.29, 1.82) is 0 Å². The summed E-state index contributed by atoms with van der Waals surface area (Å²) in [5, 5.41) is 0. The van der Waals surface area contributed by atoms with Crippen molar-refractivity contribution in [3.05, 3.63) is 29.8 Å². The highest BCUT2D eigenvalue weighted by Crippen LogP contribution is 2.13. The second-order valence-electron chi connectivity index (χ2n) is 4.00. The van der Waals surface area contributed by atoms with Gasteiger partial charge in [0.25, 0.3) is 0 Å². The molecule has 0 aromatic heterocycles. The van der Waals surface area contributed by atoms with Gasteiger partial charge in [-0.3, -0.25) is 0 Å². The van der Waals surface area contributed by atoms with Gasteiger partial charge in [0.1, 0.15) is 12.4 Å². The fraction of sp³-hybridized carbons (Fsp3) is 0.538. The molecule has 0 fully saturated rings. The normalized spacial score (nSPS) is 11.4. The number of hydrogen-bond donors (Lipinski definition) is 0. The average Bonchev–Trinajstić information content (AvgIpc) is 2.29. The van der Waals surface area contributed by atoms with Gasteiger partial charge in [-0.05, 0) is 30.5 Å². The molecule has 0 unspecified atom stereocenters. The second kappa shape index (κ2) is 6.64. The smallest absolute Gasteiger partial charge is 0.153 e. The van der Waals surface area contributed by atoms with Gasteiger partial charge in [-0.1, -0.05) is 26.0 Å². The summed E-state index contributed by atoms with van der Waals surface area (Å²) >= 11 is 0. The minimum absolute atomic E-state index is 0.0944. The van der Waals surface area contributed by atoms with Crippen molar-refractivity contribution in [2.24, 2.45) is 0 Å². The minimum atomic E-state index is -2.94. The molecule has 1 rings (SSSR count). The molecular weight excluding hydrogens is 236 g/mol. The third-order valence-electron chi connectivity index (χ3n) is 2.48. The molecule has 0 aliphatic carbocycles. The van der Waals surface area contributed by atoms with Crippen molar-refractivity contribution in [1.82, 2.24) is 0 Å². The van der Waals surface area contributed by atoms with E-state index in [4.69, 9.17) is 4.74 Å². The van der Waals surface area contributed by atoms with Crippen molar-refractivity contribution >= 4 is 9.84 Å². The molecule has 0 N–H and O–H groups in total. The van der Waals surface area contributed by atoms with Crippen LogP contribution in [0.4, 0.5) is 0 Å². The summed E-state index contributed by atoms with van der Waals surface area (Å²) in [6, 6.07) is 7.76. The van der Waals surface area contributed by atoms with E-state index in [0.717, 1.165) is 12.2 Å². The fourth-order valence-corrected chi connectivity index (χ4v) is 2.72. The lowest BCUT2D eigenvalue weighted by atomic mass is 10.2. The van der Waals surface area contributed by atoms with Crippen LogP contribution in [0.2, 0.25) is 0 Å². The molecule has 0 aliphatic heterocycles. The second-order valence-corrected chi connectivity index (χ2v) is 6.30. The van der Waals surface area contributed by atoms with Crippen LogP contribution in [0.3, 0.4) is 0 Å². The molecular formula is C13H20O3S. The first-order valence-corrected chi connectivity index (χ1v) is 7.81. The van der Waals surface area contributed by atoms with Gasteiger partial charge in [-0.25, -0.2) is 8.42 Å². The van der Waals surface area contributed by atoms with Gasteiger partial charge in [0.2, 0.25) is 0 Å². The van der Waals surface area contributed by atoms with Crippen LogP contribution in [-0.4, -0.2) is 26.5 Å². The Morgan fingerprint density at radius 2 is 1.94 bits per heavy atom. The van der Waals surface area contributed by atoms with E-state index >= 15 is 0 Å². The van der Waals surface area contributed by atoms with E-state index in [9.17, 15) is 8.42 Å². The van der Waals surface area contributed by atoms with Crippen molar-refractivity contribution in [2.75, 3.05) is 18.1 Å². The number of ether oxygens (including phenoxy) is 1. The van der Waals surface area contributed by atoms with E-state index < -0.39 is 9.84 Å². The molecule has 1 aromatic rings. The summed E-state index contributed by atoms with van der Waals surface area (Å²) < 4.78 is 28.4. The van der Waals surface area contributed by atoms with Crippen LogP contribution in [0.25, 0.3) is 0 Å². The van der Waals surface area contributed by atoms with Gasteiger partial charge in [-0.15, -0.1) is 0 Å². The molecule has 4 heteroatoms. The van der Waals surface area contributed by atoms with Crippen molar-refractivity contribution in [3.8, 4) is 5.75 Å². The molecule has 0 amide bonds. The maximum atomic E-state index is 11.5. The molecule has 0 saturated heterocycles. The van der Waals surface area contributed by atoms with Gasteiger partial charge >= 0.3 is 0 Å². The molecule has 3 nitrogen and oxygen atoms in total. The summed E-state index contributed by atoms with van der Waals surface area (Å²) in [5.74, 6) is 1.08. The van der Waals surface area contributed by atoms with Crippen LogP contribution in [0.5, 0.6) is 5.75 Å². The van der Waals surface area contributed by atoms with Crippen molar-refractivity contribution in [2.45, 2.75) is 26.7 Å². The first kappa shape index (κ1) is 14.0. The number of hydrogen-bond acceptors (Lipinski definition) is 3. The highest BCUT2D eigenvalue weighted by atomic mass is 32.2. The predicted molar refractivity (Wildman–Crippen MR) is 70.3 cm³/mol. The lowest BCUT2D eigenvalue weighted by Crippen LogP contribution is -2.16. The molecule has 1 aromatic carbocycles. The zero-order valence-corrected chi connectivity index (χ0v) is 11.3. The Labute approximate surface area is 104 Å². The zero-order valence-electron chi connectivity index (χ0n) is 10.5. The van der Waals surface area contributed by atoms with Crippen LogP contribution in [0, 0.1) is 0 Å². The maximum absolute atomic E-state index is 11.5. The summed E-state index contributed by atoms with van der Waals surface area (Å²) in [6.45, 7) is 4.17. The average molecular weight is 256 g/mol. The largest absolute Gasteiger partial charge is 0.493 e. The topological polar surface area (TPSA) is 43.4 Å². The molecule has 0 atom stereocenters. The Morgan fingerprint density at radius 1 is 1.18 bits per heavy atom. The molecule has 0 bridgehead atoms. The summed E-state index contributed by atoms with van der Waals surface area (Å²) in [7, 11) is -2.94. The Morgan fingerprint density at radius 3 is 2.59 bits per heavy atom. The van der Waals surface area contributed by atoms with E-state index in [0.29, 0.717) is 6.42 Å². The van der Waals surface area contributed by atoms with E-state index in [1.807, 2.05) is 31.2 Å². The molecule has 0 aliphatic rings. The predicted octanol–water partition coefficient (Wildman–Crippen LogP) is 2.45. The SMILES string of the molecule is CCCS(=O)(=O)CCOc1cccc(CC)c1. The van der Waals surface area contributed by atoms with Gasteiger partial charge in [0.15, 0.2) is 9.84 Å². The summed E-state index contributed by atoms with van der Waals surface area (Å²) in [5.41, 5.74) is 1.19. The quantitative estimate of drug-likeness (QED) is 0.752. The lowest BCUT2D eigenvalue weighted by Gasteiger charge is -2.07. The fourth-order valence-electron chi connectivity index (χ4n) is 1.55. The highest BCUT2D eigenvalue weighted by Gasteiger charge is 2.09. The third-order valence-corrected chi connectivity index (χ3v) is 4.30. The Balaban J connectivity index is 2.45. The van der Waals surface area contributed by atoms with Crippen LogP contribution in [0.15, 0.2) is 24.3 Å². The lowest BCUT2D eigenvalue weighted by molar-refractivity contribution is 0.340. The van der Waals surface area contributed by atoms with Gasteiger partial charge in [0, 0.05) is 0 Å². The first-order chi connectivity index (χ1) is 8.07. The van der Waals surface area contributed by atoms with Crippen LogP contribution < -0.4 is 4.74 Å². The molecule has 96 valence electrons. The molecule has 0 spiro atoms.